The number of nitrogens with one attached hydrogen (secondary N) is 1. The van der Waals surface area contributed by atoms with E-state index < -0.39 is 5.97 Å². The van der Waals surface area contributed by atoms with Crippen LogP contribution < -0.4 is 11.1 Å². The fourth-order valence-electron chi connectivity index (χ4n) is 2.39. The number of carbonyl (C=O) groups is 1. The molecule has 1 heterocycles. The van der Waals surface area contributed by atoms with Gasteiger partial charge in [0.25, 0.3) is 0 Å². The van der Waals surface area contributed by atoms with Crippen LogP contribution in [0.2, 0.25) is 0 Å². The second-order valence-corrected chi connectivity index (χ2v) is 5.68. The number of methoxy groups -OCH3 is 1. The molecule has 0 spiro atoms. The zero-order valence-electron chi connectivity index (χ0n) is 11.2. The third-order valence-electron chi connectivity index (χ3n) is 3.43. The lowest BCUT2D eigenvalue weighted by Gasteiger charge is -2.20. The molecule has 0 saturated heterocycles. The van der Waals surface area contributed by atoms with Gasteiger partial charge in [-0.1, -0.05) is 6.42 Å². The Morgan fingerprint density at radius 1 is 1.58 bits per heavy atom. The Morgan fingerprint density at radius 2 is 2.37 bits per heavy atom. The molecule has 2 rings (SSSR count). The van der Waals surface area contributed by atoms with Crippen LogP contribution in [0.15, 0.2) is 12.3 Å². The molecule has 6 heteroatoms. The molecular formula is C13H19N3O2S. The summed E-state index contributed by atoms with van der Waals surface area (Å²) in [5, 5.41) is 3.99. The minimum atomic E-state index is -0.434. The zero-order chi connectivity index (χ0) is 13.8. The van der Waals surface area contributed by atoms with E-state index in [-0.39, 0.29) is 0 Å². The van der Waals surface area contributed by atoms with Crippen molar-refractivity contribution in [1.29, 1.82) is 0 Å². The largest absolute Gasteiger partial charge is 0.465 e. The van der Waals surface area contributed by atoms with Crippen LogP contribution in [0.25, 0.3) is 0 Å². The van der Waals surface area contributed by atoms with Crippen molar-refractivity contribution >= 4 is 29.2 Å². The molecule has 3 N–H and O–H groups in total. The smallest absolute Gasteiger partial charge is 0.340 e. The van der Waals surface area contributed by atoms with Gasteiger partial charge in [0.2, 0.25) is 0 Å². The SMILES string of the molecule is COC(=O)c1cc(NC2CCCC2SC)ncc1N. The van der Waals surface area contributed by atoms with E-state index in [2.05, 4.69) is 16.6 Å². The lowest BCUT2D eigenvalue weighted by molar-refractivity contribution is 0.0602. The summed E-state index contributed by atoms with van der Waals surface area (Å²) in [6.45, 7) is 0. The second kappa shape index (κ2) is 6.14. The van der Waals surface area contributed by atoms with Crippen molar-refractivity contribution in [3.63, 3.8) is 0 Å². The number of hydrogen-bond acceptors (Lipinski definition) is 6. The highest BCUT2D eigenvalue weighted by Gasteiger charge is 2.26. The van der Waals surface area contributed by atoms with Gasteiger partial charge in [-0.2, -0.15) is 11.8 Å². The van der Waals surface area contributed by atoms with Crippen molar-refractivity contribution in [3.8, 4) is 0 Å². The topological polar surface area (TPSA) is 77.2 Å². The monoisotopic (exact) mass is 281 g/mol. The Balaban J connectivity index is 2.15. The Kier molecular flexibility index (Phi) is 4.52. The van der Waals surface area contributed by atoms with Crippen LogP contribution in [0.1, 0.15) is 29.6 Å². The maximum Gasteiger partial charge on any atom is 0.340 e. The van der Waals surface area contributed by atoms with Crippen LogP contribution in [0.5, 0.6) is 0 Å². The number of esters is 1. The van der Waals surface area contributed by atoms with Gasteiger partial charge in [0.05, 0.1) is 24.6 Å². The highest BCUT2D eigenvalue weighted by atomic mass is 32.2. The fraction of sp³-hybridized carbons (Fsp3) is 0.538. The number of aromatic nitrogens is 1. The van der Waals surface area contributed by atoms with Crippen LogP contribution in [-0.2, 0) is 4.74 Å². The third kappa shape index (κ3) is 3.12. The second-order valence-electron chi connectivity index (χ2n) is 4.60. The van der Waals surface area contributed by atoms with Gasteiger partial charge in [-0.15, -0.1) is 0 Å². The van der Waals surface area contributed by atoms with Crippen LogP contribution in [0.4, 0.5) is 11.5 Å². The summed E-state index contributed by atoms with van der Waals surface area (Å²) in [7, 11) is 1.34. The number of ether oxygens (including phenoxy) is 1. The van der Waals surface area contributed by atoms with Crippen molar-refractivity contribution in [2.75, 3.05) is 24.4 Å². The van der Waals surface area contributed by atoms with Crippen molar-refractivity contribution < 1.29 is 9.53 Å². The van der Waals surface area contributed by atoms with E-state index in [9.17, 15) is 4.79 Å². The first-order valence-corrected chi connectivity index (χ1v) is 7.57. The molecule has 0 amide bonds. The number of anilines is 2. The van der Waals surface area contributed by atoms with E-state index >= 15 is 0 Å². The van der Waals surface area contributed by atoms with E-state index in [1.807, 2.05) is 11.8 Å². The highest BCUT2D eigenvalue weighted by Crippen LogP contribution is 2.30. The predicted molar refractivity (Wildman–Crippen MR) is 78.6 cm³/mol. The van der Waals surface area contributed by atoms with Gasteiger partial charge >= 0.3 is 5.97 Å². The quantitative estimate of drug-likeness (QED) is 0.823. The number of nitrogens with zero attached hydrogens (tertiary/aromatic N) is 1. The summed E-state index contributed by atoms with van der Waals surface area (Å²) in [6, 6.07) is 2.06. The number of nitrogen functional groups attached to an aromatic ring is 1. The molecule has 1 fully saturated rings. The molecule has 1 aromatic heterocycles. The van der Waals surface area contributed by atoms with Gasteiger partial charge < -0.3 is 15.8 Å². The van der Waals surface area contributed by atoms with Crippen molar-refractivity contribution in [2.45, 2.75) is 30.6 Å². The summed E-state index contributed by atoms with van der Waals surface area (Å²) in [6.07, 6.45) is 7.20. The first-order valence-electron chi connectivity index (χ1n) is 6.29. The molecule has 1 saturated carbocycles. The highest BCUT2D eigenvalue weighted by molar-refractivity contribution is 7.99. The van der Waals surface area contributed by atoms with Crippen molar-refractivity contribution in [1.82, 2.24) is 4.98 Å². The van der Waals surface area contributed by atoms with Gasteiger partial charge in [-0.3, -0.25) is 0 Å². The van der Waals surface area contributed by atoms with E-state index in [1.165, 1.54) is 26.1 Å². The number of pyridine rings is 1. The molecular weight excluding hydrogens is 262 g/mol. The van der Waals surface area contributed by atoms with Gasteiger partial charge in [-0.25, -0.2) is 9.78 Å². The fourth-order valence-corrected chi connectivity index (χ4v) is 3.33. The van der Waals surface area contributed by atoms with Crippen LogP contribution >= 0.6 is 11.8 Å². The van der Waals surface area contributed by atoms with E-state index in [0.717, 1.165) is 6.42 Å². The van der Waals surface area contributed by atoms with Gasteiger partial charge in [-0.05, 0) is 25.2 Å². The van der Waals surface area contributed by atoms with Gasteiger partial charge in [0, 0.05) is 11.3 Å². The Bertz CT molecular complexity index is 467. The van der Waals surface area contributed by atoms with Crippen LogP contribution in [-0.4, -0.2) is 35.6 Å². The first-order chi connectivity index (χ1) is 9.15. The minimum Gasteiger partial charge on any atom is -0.465 e. The number of nitrogens with two attached hydrogens (primary N) is 1. The zero-order valence-corrected chi connectivity index (χ0v) is 12.0. The molecule has 1 aliphatic carbocycles. The molecule has 0 aromatic carbocycles. The summed E-state index contributed by atoms with van der Waals surface area (Å²) < 4.78 is 4.71. The molecule has 0 aliphatic heterocycles. The van der Waals surface area contributed by atoms with E-state index in [4.69, 9.17) is 10.5 Å². The average Bonchev–Trinajstić information content (AvgIpc) is 2.87. The lowest BCUT2D eigenvalue weighted by Crippen LogP contribution is -2.26. The maximum atomic E-state index is 11.6. The molecule has 1 aromatic rings. The number of thioether (sulfide) groups is 1. The average molecular weight is 281 g/mol. The molecule has 2 unspecified atom stereocenters. The third-order valence-corrected chi connectivity index (χ3v) is 4.60. The first kappa shape index (κ1) is 14.0. The number of carbonyl (C=O) groups excluding carboxylic acids is 1. The van der Waals surface area contributed by atoms with E-state index in [1.54, 1.807) is 6.07 Å². The standard InChI is InChI=1S/C13H19N3O2S/c1-18-13(17)8-6-12(15-7-9(8)14)16-10-4-3-5-11(10)19-2/h6-7,10-11H,3-5,14H2,1-2H3,(H,15,16). The Hall–Kier alpha value is -1.43. The van der Waals surface area contributed by atoms with Crippen LogP contribution in [0.3, 0.4) is 0 Å². The maximum absolute atomic E-state index is 11.6. The van der Waals surface area contributed by atoms with E-state index in [0.29, 0.717) is 28.4 Å². The van der Waals surface area contributed by atoms with Gasteiger partial charge in [0.15, 0.2) is 0 Å². The summed E-state index contributed by atoms with van der Waals surface area (Å²) >= 11 is 1.87. The normalized spacial score (nSPS) is 22.2. The molecule has 0 radical (unpaired) electrons. The molecule has 1 aliphatic rings. The van der Waals surface area contributed by atoms with Crippen LogP contribution in [0, 0.1) is 0 Å². The molecule has 104 valence electrons. The lowest BCUT2D eigenvalue weighted by atomic mass is 10.2. The molecule has 0 bridgehead atoms. The minimum absolute atomic E-state index is 0.338. The Labute approximate surface area is 117 Å². The summed E-state index contributed by atoms with van der Waals surface area (Å²) in [4.78, 5) is 15.8. The molecule has 19 heavy (non-hydrogen) atoms. The molecule has 2 atom stereocenters. The van der Waals surface area contributed by atoms with Gasteiger partial charge in [0.1, 0.15) is 5.82 Å². The number of hydrogen-bond donors (Lipinski definition) is 2. The summed E-state index contributed by atoms with van der Waals surface area (Å²) in [5.41, 5.74) is 6.43. The Morgan fingerprint density at radius 3 is 3.05 bits per heavy atom. The predicted octanol–water partition coefficient (Wildman–Crippen LogP) is 2.15. The molecule has 5 nitrogen and oxygen atoms in total. The van der Waals surface area contributed by atoms with Crippen molar-refractivity contribution in [3.05, 3.63) is 17.8 Å². The number of rotatable bonds is 4. The summed E-state index contributed by atoms with van der Waals surface area (Å²) in [5.74, 6) is 0.247. The van der Waals surface area contributed by atoms with Crippen molar-refractivity contribution in [2.24, 2.45) is 0 Å².